The Balaban J connectivity index is 2.58. The molecule has 1 atom stereocenters. The molecule has 15 heavy (non-hydrogen) atoms. The number of halogens is 1. The first-order valence-corrected chi connectivity index (χ1v) is 4.55. The van der Waals surface area contributed by atoms with Crippen LogP contribution in [0.25, 0.3) is 0 Å². The first-order chi connectivity index (χ1) is 7.00. The highest BCUT2D eigenvalue weighted by Crippen LogP contribution is 2.13. The molecule has 0 bridgehead atoms. The summed E-state index contributed by atoms with van der Waals surface area (Å²) in [5.41, 5.74) is 11.5. The molecule has 1 unspecified atom stereocenters. The van der Waals surface area contributed by atoms with Crippen LogP contribution in [0.2, 0.25) is 0 Å². The fourth-order valence-electron chi connectivity index (χ4n) is 1.03. The minimum Gasteiger partial charge on any atom is -0.383 e. The first kappa shape index (κ1) is 11.5. The van der Waals surface area contributed by atoms with E-state index < -0.39 is 11.9 Å². The van der Waals surface area contributed by atoms with Crippen molar-refractivity contribution in [3.8, 4) is 0 Å². The van der Waals surface area contributed by atoms with Crippen molar-refractivity contribution in [1.29, 1.82) is 0 Å². The molecule has 82 valence electrons. The van der Waals surface area contributed by atoms with Crippen LogP contribution >= 0.6 is 0 Å². The van der Waals surface area contributed by atoms with Gasteiger partial charge in [-0.1, -0.05) is 6.07 Å². The number of primary amides is 1. The smallest absolute Gasteiger partial charge is 0.236 e. The summed E-state index contributed by atoms with van der Waals surface area (Å²) in [5, 5.41) is 2.83. The van der Waals surface area contributed by atoms with Crippen LogP contribution in [0.15, 0.2) is 18.2 Å². The van der Waals surface area contributed by atoms with Crippen molar-refractivity contribution in [3.05, 3.63) is 29.6 Å². The molecule has 0 aliphatic rings. The lowest BCUT2D eigenvalue weighted by atomic mass is 10.2. The number of benzene rings is 1. The third-order valence-corrected chi connectivity index (χ3v) is 2.06. The van der Waals surface area contributed by atoms with E-state index >= 15 is 0 Å². The van der Waals surface area contributed by atoms with Gasteiger partial charge in [-0.25, -0.2) is 4.39 Å². The molecule has 0 radical (unpaired) electrons. The van der Waals surface area contributed by atoms with Gasteiger partial charge in [0.05, 0.1) is 0 Å². The molecule has 0 saturated heterocycles. The molecule has 0 saturated carbocycles. The summed E-state index contributed by atoms with van der Waals surface area (Å²) in [7, 11) is 0. The molecule has 5 N–H and O–H groups in total. The van der Waals surface area contributed by atoms with Crippen LogP contribution in [0.4, 0.5) is 10.1 Å². The fourth-order valence-corrected chi connectivity index (χ4v) is 1.03. The molecule has 5 heteroatoms. The first-order valence-electron chi connectivity index (χ1n) is 4.55. The number of nitrogens with two attached hydrogens (primary N) is 2. The summed E-state index contributed by atoms with van der Waals surface area (Å²) < 4.78 is 13.1. The lowest BCUT2D eigenvalue weighted by Crippen LogP contribution is -2.41. The normalized spacial score (nSPS) is 12.2. The van der Waals surface area contributed by atoms with Gasteiger partial charge in [-0.15, -0.1) is 0 Å². The van der Waals surface area contributed by atoms with E-state index in [1.807, 2.05) is 0 Å². The summed E-state index contributed by atoms with van der Waals surface area (Å²) in [6.07, 6.45) is 0. The number of anilines is 1. The Morgan fingerprint density at radius 2 is 2.27 bits per heavy atom. The molecule has 1 rings (SSSR count). The van der Waals surface area contributed by atoms with Crippen molar-refractivity contribution in [3.63, 3.8) is 0 Å². The fraction of sp³-hybridized carbons (Fsp3) is 0.300. The minimum absolute atomic E-state index is 0.192. The maximum absolute atomic E-state index is 13.1. The molecule has 4 nitrogen and oxygen atoms in total. The molecule has 0 heterocycles. The van der Waals surface area contributed by atoms with Crippen LogP contribution in [0, 0.1) is 12.7 Å². The van der Waals surface area contributed by atoms with E-state index in [4.69, 9.17) is 11.5 Å². The van der Waals surface area contributed by atoms with E-state index in [-0.39, 0.29) is 12.4 Å². The van der Waals surface area contributed by atoms with Crippen LogP contribution < -0.4 is 16.8 Å². The van der Waals surface area contributed by atoms with Gasteiger partial charge in [-0.05, 0) is 24.6 Å². The highest BCUT2D eigenvalue weighted by Gasteiger charge is 2.08. The lowest BCUT2D eigenvalue weighted by Gasteiger charge is -2.10. The number of nitrogens with one attached hydrogen (secondary N) is 1. The quantitative estimate of drug-likeness (QED) is 0.672. The second-order valence-corrected chi connectivity index (χ2v) is 3.35. The maximum atomic E-state index is 13.1. The third kappa shape index (κ3) is 3.21. The van der Waals surface area contributed by atoms with Gasteiger partial charge >= 0.3 is 0 Å². The molecule has 0 fully saturated rings. The number of carbonyl (C=O) groups excluding carboxylic acids is 1. The summed E-state index contributed by atoms with van der Waals surface area (Å²) in [6.45, 7) is 1.87. The van der Waals surface area contributed by atoms with Gasteiger partial charge in [0.2, 0.25) is 5.91 Å². The molecular formula is C10H14FN3O. The summed E-state index contributed by atoms with van der Waals surface area (Å²) in [6, 6.07) is 3.94. The third-order valence-electron chi connectivity index (χ3n) is 2.06. The molecule has 1 amide bonds. The Morgan fingerprint density at radius 1 is 1.60 bits per heavy atom. The van der Waals surface area contributed by atoms with Gasteiger partial charge in [-0.3, -0.25) is 4.79 Å². The second-order valence-electron chi connectivity index (χ2n) is 3.35. The molecule has 0 aliphatic carbocycles. The monoisotopic (exact) mass is 211 g/mol. The lowest BCUT2D eigenvalue weighted by molar-refractivity contribution is -0.118. The number of amides is 1. The Labute approximate surface area is 87.4 Å². The van der Waals surface area contributed by atoms with E-state index in [9.17, 15) is 9.18 Å². The minimum atomic E-state index is -0.769. The number of hydrogen-bond acceptors (Lipinski definition) is 3. The van der Waals surface area contributed by atoms with Gasteiger partial charge in [0.15, 0.2) is 0 Å². The average molecular weight is 211 g/mol. The van der Waals surface area contributed by atoms with Crippen molar-refractivity contribution >= 4 is 11.6 Å². The Bertz CT molecular complexity index is 368. The molecule has 1 aromatic carbocycles. The van der Waals surface area contributed by atoms with Crippen LogP contribution in [0.3, 0.4) is 0 Å². The maximum Gasteiger partial charge on any atom is 0.236 e. The standard InChI is InChI=1S/C10H14FN3O/c1-6-2-3-7(4-8(6)11)14-5-9(12)10(13)15/h2-4,9,14H,5,12H2,1H3,(H2,13,15). The molecule has 1 aromatic rings. The molecule has 0 spiro atoms. The van der Waals surface area contributed by atoms with Crippen molar-refractivity contribution in [2.75, 3.05) is 11.9 Å². The predicted octanol–water partition coefficient (Wildman–Crippen LogP) is 0.359. The van der Waals surface area contributed by atoms with Gasteiger partial charge in [0.25, 0.3) is 0 Å². The van der Waals surface area contributed by atoms with Gasteiger partial charge < -0.3 is 16.8 Å². The van der Waals surface area contributed by atoms with E-state index in [0.717, 1.165) is 0 Å². The highest BCUT2D eigenvalue weighted by molar-refractivity contribution is 5.80. The zero-order valence-electron chi connectivity index (χ0n) is 8.46. The van der Waals surface area contributed by atoms with Crippen LogP contribution in [0.5, 0.6) is 0 Å². The van der Waals surface area contributed by atoms with Crippen LogP contribution in [-0.4, -0.2) is 18.5 Å². The van der Waals surface area contributed by atoms with E-state index in [1.54, 1.807) is 19.1 Å². The number of rotatable bonds is 4. The van der Waals surface area contributed by atoms with Crippen molar-refractivity contribution < 1.29 is 9.18 Å². The van der Waals surface area contributed by atoms with Crippen molar-refractivity contribution in [1.82, 2.24) is 0 Å². The zero-order valence-corrected chi connectivity index (χ0v) is 8.46. The Kier molecular flexibility index (Phi) is 3.62. The molecule has 0 aromatic heterocycles. The number of hydrogen-bond donors (Lipinski definition) is 3. The highest BCUT2D eigenvalue weighted by atomic mass is 19.1. The van der Waals surface area contributed by atoms with Gasteiger partial charge in [0, 0.05) is 12.2 Å². The summed E-state index contributed by atoms with van der Waals surface area (Å²) in [5.74, 6) is -0.886. The van der Waals surface area contributed by atoms with E-state index in [1.165, 1.54) is 6.07 Å². The molecule has 0 aliphatic heterocycles. The zero-order chi connectivity index (χ0) is 11.4. The number of aryl methyl sites for hydroxylation is 1. The SMILES string of the molecule is Cc1ccc(NCC(N)C(N)=O)cc1F. The van der Waals surface area contributed by atoms with Crippen molar-refractivity contribution in [2.45, 2.75) is 13.0 Å². The van der Waals surface area contributed by atoms with Crippen LogP contribution in [0.1, 0.15) is 5.56 Å². The Morgan fingerprint density at radius 3 is 2.80 bits per heavy atom. The summed E-state index contributed by atoms with van der Waals surface area (Å²) >= 11 is 0. The topological polar surface area (TPSA) is 81.1 Å². The van der Waals surface area contributed by atoms with Gasteiger partial charge in [-0.2, -0.15) is 0 Å². The number of carbonyl (C=O) groups is 1. The van der Waals surface area contributed by atoms with E-state index in [0.29, 0.717) is 11.3 Å². The van der Waals surface area contributed by atoms with E-state index in [2.05, 4.69) is 5.32 Å². The van der Waals surface area contributed by atoms with Crippen LogP contribution in [-0.2, 0) is 4.79 Å². The molecular weight excluding hydrogens is 197 g/mol. The van der Waals surface area contributed by atoms with Crippen molar-refractivity contribution in [2.24, 2.45) is 11.5 Å². The summed E-state index contributed by atoms with van der Waals surface area (Å²) in [4.78, 5) is 10.6. The Hall–Kier alpha value is -1.62. The average Bonchev–Trinajstić information content (AvgIpc) is 2.19. The van der Waals surface area contributed by atoms with Gasteiger partial charge in [0.1, 0.15) is 11.9 Å². The predicted molar refractivity (Wildman–Crippen MR) is 56.8 cm³/mol. The second kappa shape index (κ2) is 4.75. The largest absolute Gasteiger partial charge is 0.383 e.